The molecule has 1 heterocycles. The molecule has 12 heteroatoms. The van der Waals surface area contributed by atoms with Crippen molar-refractivity contribution in [2.45, 2.75) is 46.6 Å². The highest BCUT2D eigenvalue weighted by atomic mass is 16.6. The van der Waals surface area contributed by atoms with E-state index < -0.39 is 33.7 Å². The molecule has 2 rings (SSSR count). The molecular formula is C22H29N5O7. The smallest absolute Gasteiger partial charge is 0.338 e. The van der Waals surface area contributed by atoms with Gasteiger partial charge in [-0.25, -0.2) is 9.59 Å². The van der Waals surface area contributed by atoms with E-state index >= 15 is 0 Å². The Balaban J connectivity index is 2.72. The van der Waals surface area contributed by atoms with Gasteiger partial charge in [-0.2, -0.15) is 0 Å². The molecule has 1 amide bonds. The fourth-order valence-corrected chi connectivity index (χ4v) is 3.31. The van der Waals surface area contributed by atoms with Gasteiger partial charge >= 0.3 is 11.7 Å². The van der Waals surface area contributed by atoms with Gasteiger partial charge in [0.2, 0.25) is 0 Å². The zero-order valence-corrected chi connectivity index (χ0v) is 19.6. The van der Waals surface area contributed by atoms with Crippen LogP contribution in [0.4, 0.5) is 17.2 Å². The van der Waals surface area contributed by atoms with Crippen LogP contribution in [-0.2, 0) is 11.3 Å². The molecule has 0 aliphatic carbocycles. The van der Waals surface area contributed by atoms with Crippen LogP contribution in [-0.4, -0.2) is 40.0 Å². The minimum Gasteiger partial charge on any atom is -0.465 e. The van der Waals surface area contributed by atoms with E-state index in [1.165, 1.54) is 4.57 Å². The van der Waals surface area contributed by atoms with Gasteiger partial charge in [-0.15, -0.1) is 0 Å². The lowest BCUT2D eigenvalue weighted by atomic mass is 10.1. The molecule has 34 heavy (non-hydrogen) atoms. The van der Waals surface area contributed by atoms with Crippen LogP contribution < -0.4 is 21.9 Å². The Labute approximate surface area is 195 Å². The number of hydrogen-bond acceptors (Lipinski definition) is 8. The number of ether oxygens (including phenoxy) is 1. The van der Waals surface area contributed by atoms with E-state index in [-0.39, 0.29) is 41.6 Å². The number of amides is 1. The third-order valence-corrected chi connectivity index (χ3v) is 5.19. The van der Waals surface area contributed by atoms with Crippen LogP contribution in [0, 0.1) is 16.0 Å². The average molecular weight is 476 g/mol. The average Bonchev–Trinajstić information content (AvgIpc) is 2.79. The Kier molecular flexibility index (Phi) is 8.70. The molecule has 1 aromatic carbocycles. The largest absolute Gasteiger partial charge is 0.465 e. The number of benzene rings is 1. The van der Waals surface area contributed by atoms with Gasteiger partial charge in [0.25, 0.3) is 17.2 Å². The fraction of sp³-hybridized carbons (Fsp3) is 0.455. The number of nitro groups is 1. The van der Waals surface area contributed by atoms with Gasteiger partial charge in [-0.3, -0.25) is 29.3 Å². The Morgan fingerprint density at radius 1 is 1.24 bits per heavy atom. The number of hydrogen-bond donors (Lipinski definition) is 2. The number of rotatable bonds is 10. The zero-order chi connectivity index (χ0) is 25.6. The van der Waals surface area contributed by atoms with E-state index in [9.17, 15) is 29.3 Å². The minimum absolute atomic E-state index is 0.0476. The summed E-state index contributed by atoms with van der Waals surface area (Å²) in [6.07, 6.45) is 1.85. The second-order valence-corrected chi connectivity index (χ2v) is 8.15. The number of nitrogens with zero attached hydrogens (tertiary/aromatic N) is 3. The second kappa shape index (κ2) is 11.3. The minimum atomic E-state index is -0.864. The molecule has 2 aromatic rings. The summed E-state index contributed by atoms with van der Waals surface area (Å²) in [5, 5.41) is 11.4. The number of anilines is 2. The van der Waals surface area contributed by atoms with E-state index in [0.717, 1.165) is 36.6 Å². The highest BCUT2D eigenvalue weighted by Crippen LogP contribution is 2.24. The summed E-state index contributed by atoms with van der Waals surface area (Å²) in [6.45, 7) is 6.04. The molecule has 0 unspecified atom stereocenters. The number of carbonyl (C=O) groups excluding carboxylic acids is 2. The standard InChI is InChI=1S/C22H29N5O7/c1-5-6-8-26-18(23)17(19(28)24-22(26)31)25(9-7-13(2)3)20(29)14-10-15(21(30)34-4)12-16(11-14)27(32)33/h10-13H,5-9,23H2,1-4H3,(H,24,28,31). The van der Waals surface area contributed by atoms with Gasteiger partial charge in [0.15, 0.2) is 5.69 Å². The number of nitrogens with two attached hydrogens (primary N) is 1. The van der Waals surface area contributed by atoms with Crippen molar-refractivity contribution in [2.75, 3.05) is 24.3 Å². The van der Waals surface area contributed by atoms with E-state index in [2.05, 4.69) is 9.72 Å². The zero-order valence-electron chi connectivity index (χ0n) is 19.6. The highest BCUT2D eigenvalue weighted by Gasteiger charge is 2.27. The summed E-state index contributed by atoms with van der Waals surface area (Å²) >= 11 is 0. The molecule has 0 radical (unpaired) electrons. The molecule has 12 nitrogen and oxygen atoms in total. The molecule has 1 aromatic heterocycles. The molecule has 3 N–H and O–H groups in total. The maximum absolute atomic E-state index is 13.6. The first-order valence-corrected chi connectivity index (χ1v) is 10.8. The maximum atomic E-state index is 13.6. The molecule has 0 spiro atoms. The van der Waals surface area contributed by atoms with Crippen molar-refractivity contribution in [3.63, 3.8) is 0 Å². The normalized spacial score (nSPS) is 10.9. The number of carbonyl (C=O) groups is 2. The van der Waals surface area contributed by atoms with E-state index in [4.69, 9.17) is 5.73 Å². The number of H-pyrrole nitrogens is 1. The van der Waals surface area contributed by atoms with Crippen LogP contribution in [0.25, 0.3) is 0 Å². The predicted octanol–water partition coefficient (Wildman–Crippen LogP) is 2.31. The fourth-order valence-electron chi connectivity index (χ4n) is 3.31. The van der Waals surface area contributed by atoms with Crippen LogP contribution in [0.2, 0.25) is 0 Å². The van der Waals surface area contributed by atoms with Gasteiger partial charge in [-0.05, 0) is 24.8 Å². The van der Waals surface area contributed by atoms with Crippen molar-refractivity contribution in [1.82, 2.24) is 9.55 Å². The molecule has 0 saturated heterocycles. The molecule has 184 valence electrons. The number of aromatic nitrogens is 2. The van der Waals surface area contributed by atoms with Crippen LogP contribution in [0.3, 0.4) is 0 Å². The molecular weight excluding hydrogens is 446 g/mol. The summed E-state index contributed by atoms with van der Waals surface area (Å²) in [5.41, 5.74) is 3.52. The van der Waals surface area contributed by atoms with Crippen molar-refractivity contribution < 1.29 is 19.2 Å². The first kappa shape index (κ1) is 26.3. The Hall–Kier alpha value is -3.96. The summed E-state index contributed by atoms with van der Waals surface area (Å²) in [6, 6.07) is 3.16. The lowest BCUT2D eigenvalue weighted by molar-refractivity contribution is -0.384. The van der Waals surface area contributed by atoms with Gasteiger partial charge in [0.1, 0.15) is 5.82 Å². The van der Waals surface area contributed by atoms with Crippen molar-refractivity contribution in [3.8, 4) is 0 Å². The summed E-state index contributed by atoms with van der Waals surface area (Å²) < 4.78 is 5.82. The summed E-state index contributed by atoms with van der Waals surface area (Å²) in [5.74, 6) is -1.69. The van der Waals surface area contributed by atoms with Crippen LogP contribution in [0.15, 0.2) is 27.8 Å². The quantitative estimate of drug-likeness (QED) is 0.299. The lowest BCUT2D eigenvalue weighted by Gasteiger charge is -2.25. The number of non-ortho nitro benzene ring substituents is 1. The Morgan fingerprint density at radius 2 is 1.88 bits per heavy atom. The monoisotopic (exact) mass is 475 g/mol. The number of nitrogens with one attached hydrogen (secondary N) is 1. The van der Waals surface area contributed by atoms with Gasteiger partial charge in [0, 0.05) is 30.8 Å². The maximum Gasteiger partial charge on any atom is 0.338 e. The molecule has 0 aliphatic heterocycles. The molecule has 0 atom stereocenters. The number of aromatic amines is 1. The Morgan fingerprint density at radius 3 is 2.44 bits per heavy atom. The summed E-state index contributed by atoms with van der Waals surface area (Å²) in [4.78, 5) is 64.6. The van der Waals surface area contributed by atoms with Crippen LogP contribution >= 0.6 is 0 Å². The molecule has 0 saturated carbocycles. The Bertz CT molecular complexity index is 1200. The third kappa shape index (κ3) is 5.88. The van der Waals surface area contributed by atoms with Crippen LogP contribution in [0.1, 0.15) is 60.7 Å². The molecule has 0 bridgehead atoms. The van der Waals surface area contributed by atoms with Crippen molar-refractivity contribution >= 4 is 29.1 Å². The summed E-state index contributed by atoms with van der Waals surface area (Å²) in [7, 11) is 1.11. The lowest BCUT2D eigenvalue weighted by Crippen LogP contribution is -2.42. The topological polar surface area (TPSA) is 171 Å². The number of nitrogen functional groups attached to an aromatic ring is 1. The number of esters is 1. The second-order valence-electron chi connectivity index (χ2n) is 8.15. The number of nitro benzene ring substituents is 1. The van der Waals surface area contributed by atoms with Gasteiger partial charge in [-0.1, -0.05) is 27.2 Å². The molecule has 0 fully saturated rings. The number of methoxy groups -OCH3 is 1. The van der Waals surface area contributed by atoms with Crippen molar-refractivity contribution in [3.05, 3.63) is 60.3 Å². The predicted molar refractivity (Wildman–Crippen MR) is 126 cm³/mol. The van der Waals surface area contributed by atoms with Gasteiger partial charge < -0.3 is 15.4 Å². The third-order valence-electron chi connectivity index (χ3n) is 5.19. The molecule has 0 aliphatic rings. The van der Waals surface area contributed by atoms with E-state index in [1.54, 1.807) is 0 Å². The van der Waals surface area contributed by atoms with Crippen molar-refractivity contribution in [2.24, 2.45) is 5.92 Å². The van der Waals surface area contributed by atoms with E-state index in [0.29, 0.717) is 12.8 Å². The SMILES string of the molecule is CCCCn1c(N)c(N(CCC(C)C)C(=O)c2cc(C(=O)OC)cc([N+](=O)[O-])c2)c(=O)[nH]c1=O. The number of unbranched alkanes of at least 4 members (excludes halogenated alkanes) is 1. The van der Waals surface area contributed by atoms with Crippen molar-refractivity contribution in [1.29, 1.82) is 0 Å². The first-order valence-electron chi connectivity index (χ1n) is 10.8. The van der Waals surface area contributed by atoms with Crippen LogP contribution in [0.5, 0.6) is 0 Å². The first-order chi connectivity index (χ1) is 16.0. The van der Waals surface area contributed by atoms with Gasteiger partial charge in [0.05, 0.1) is 17.6 Å². The highest BCUT2D eigenvalue weighted by molar-refractivity contribution is 6.08. The van der Waals surface area contributed by atoms with E-state index in [1.807, 2.05) is 20.8 Å².